The van der Waals surface area contributed by atoms with Crippen LogP contribution in [0.3, 0.4) is 0 Å². The number of hydrogen-bond donors (Lipinski definition) is 2. The molecule has 0 unspecified atom stereocenters. The first-order chi connectivity index (χ1) is 8.98. The van der Waals surface area contributed by atoms with Gasteiger partial charge in [0.25, 0.3) is 0 Å². The van der Waals surface area contributed by atoms with Crippen molar-refractivity contribution in [1.29, 1.82) is 0 Å². The van der Waals surface area contributed by atoms with Crippen LogP contribution in [-0.2, 0) is 19.9 Å². The maximum Gasteiger partial charge on any atom is 0.335 e. The Hall–Kier alpha value is -1.13. The van der Waals surface area contributed by atoms with E-state index in [0.717, 1.165) is 12.3 Å². The van der Waals surface area contributed by atoms with Crippen molar-refractivity contribution in [1.82, 2.24) is 0 Å². The van der Waals surface area contributed by atoms with E-state index in [9.17, 15) is 21.6 Å². The van der Waals surface area contributed by atoms with Gasteiger partial charge in [-0.1, -0.05) is 15.9 Å². The highest BCUT2D eigenvalue weighted by molar-refractivity contribution is 9.10. The molecular weight excluding hydrogens is 374 g/mol. The molecule has 0 aromatic heterocycles. The number of sulfone groups is 1. The van der Waals surface area contributed by atoms with E-state index >= 15 is 0 Å². The fourth-order valence-electron chi connectivity index (χ4n) is 1.26. The first-order valence-electron chi connectivity index (χ1n) is 5.21. The predicted molar refractivity (Wildman–Crippen MR) is 78.2 cm³/mol. The summed E-state index contributed by atoms with van der Waals surface area (Å²) in [5.74, 6) is -2.31. The average Bonchev–Trinajstić information content (AvgIpc) is 2.24. The average molecular weight is 386 g/mol. The van der Waals surface area contributed by atoms with Crippen molar-refractivity contribution in [3.05, 3.63) is 28.2 Å². The molecule has 0 bridgehead atoms. The van der Waals surface area contributed by atoms with Crippen molar-refractivity contribution in [2.45, 2.75) is 0 Å². The SMILES string of the molecule is CS(=O)(=O)CCS(=O)(=O)Nc1cc(Br)cc(C(=O)O)c1. The van der Waals surface area contributed by atoms with E-state index in [4.69, 9.17) is 5.11 Å². The fraction of sp³-hybridized carbons (Fsp3) is 0.300. The topological polar surface area (TPSA) is 118 Å². The van der Waals surface area contributed by atoms with E-state index in [1.807, 2.05) is 0 Å². The van der Waals surface area contributed by atoms with Gasteiger partial charge in [-0.15, -0.1) is 0 Å². The molecule has 0 amide bonds. The first-order valence-corrected chi connectivity index (χ1v) is 9.71. The van der Waals surface area contributed by atoms with E-state index in [1.165, 1.54) is 12.1 Å². The normalized spacial score (nSPS) is 12.1. The number of rotatable bonds is 6. The Bertz CT molecular complexity index is 726. The molecule has 0 heterocycles. The second-order valence-electron chi connectivity index (χ2n) is 4.08. The van der Waals surface area contributed by atoms with Crippen LogP contribution >= 0.6 is 15.9 Å². The maximum absolute atomic E-state index is 11.7. The van der Waals surface area contributed by atoms with Crippen LogP contribution in [-0.4, -0.2) is 45.7 Å². The van der Waals surface area contributed by atoms with Crippen LogP contribution in [0.15, 0.2) is 22.7 Å². The number of sulfonamides is 1. The van der Waals surface area contributed by atoms with Crippen LogP contribution in [0.1, 0.15) is 10.4 Å². The van der Waals surface area contributed by atoms with Gasteiger partial charge in [-0.3, -0.25) is 4.72 Å². The van der Waals surface area contributed by atoms with Gasteiger partial charge in [0.1, 0.15) is 9.84 Å². The third-order valence-electron chi connectivity index (χ3n) is 2.14. The third kappa shape index (κ3) is 5.88. The molecule has 112 valence electrons. The van der Waals surface area contributed by atoms with Gasteiger partial charge in [0, 0.05) is 10.7 Å². The lowest BCUT2D eigenvalue weighted by molar-refractivity contribution is 0.0697. The molecule has 2 N–H and O–H groups in total. The van der Waals surface area contributed by atoms with Gasteiger partial charge < -0.3 is 5.11 Å². The third-order valence-corrected chi connectivity index (χ3v) is 5.09. The van der Waals surface area contributed by atoms with Crippen molar-refractivity contribution >= 4 is 47.4 Å². The van der Waals surface area contributed by atoms with Gasteiger partial charge in [0.15, 0.2) is 0 Å². The summed E-state index contributed by atoms with van der Waals surface area (Å²) in [5, 5.41) is 8.86. The van der Waals surface area contributed by atoms with Crippen molar-refractivity contribution in [2.75, 3.05) is 22.5 Å². The minimum atomic E-state index is -3.87. The van der Waals surface area contributed by atoms with Gasteiger partial charge >= 0.3 is 5.97 Å². The fourth-order valence-corrected chi connectivity index (χ4v) is 4.42. The molecule has 0 radical (unpaired) electrons. The zero-order valence-corrected chi connectivity index (χ0v) is 13.5. The van der Waals surface area contributed by atoms with Crippen LogP contribution < -0.4 is 4.72 Å². The number of hydrogen-bond acceptors (Lipinski definition) is 5. The minimum absolute atomic E-state index is 0.0466. The molecule has 0 aliphatic carbocycles. The molecule has 0 atom stereocenters. The van der Waals surface area contributed by atoms with Crippen molar-refractivity contribution in [2.24, 2.45) is 0 Å². The number of carboxylic acids is 1. The Labute approximate surface area is 125 Å². The van der Waals surface area contributed by atoms with Crippen LogP contribution in [0.2, 0.25) is 0 Å². The summed E-state index contributed by atoms with van der Waals surface area (Å²) in [7, 11) is -7.27. The molecule has 10 heteroatoms. The van der Waals surface area contributed by atoms with E-state index in [-0.39, 0.29) is 11.3 Å². The van der Waals surface area contributed by atoms with Gasteiger partial charge in [-0.25, -0.2) is 21.6 Å². The molecule has 0 spiro atoms. The zero-order valence-electron chi connectivity index (χ0n) is 10.3. The second-order valence-corrected chi connectivity index (χ2v) is 9.10. The number of carboxylic acid groups (broad SMARTS) is 1. The lowest BCUT2D eigenvalue weighted by atomic mass is 10.2. The monoisotopic (exact) mass is 385 g/mol. The zero-order chi connectivity index (χ0) is 15.6. The molecule has 0 aliphatic rings. The van der Waals surface area contributed by atoms with Gasteiger partial charge in [0.2, 0.25) is 10.0 Å². The molecule has 0 fully saturated rings. The van der Waals surface area contributed by atoms with E-state index in [1.54, 1.807) is 0 Å². The standard InChI is InChI=1S/C10H12BrNO6S2/c1-19(15,16)2-3-20(17,18)12-9-5-7(10(13)14)4-8(11)6-9/h4-6,12H,2-3H2,1H3,(H,13,14). The number of nitrogens with one attached hydrogen (secondary N) is 1. The first kappa shape index (κ1) is 16.9. The molecule has 20 heavy (non-hydrogen) atoms. The molecule has 0 saturated heterocycles. The molecular formula is C10H12BrNO6S2. The Morgan fingerprint density at radius 3 is 2.30 bits per heavy atom. The summed E-state index contributed by atoms with van der Waals surface area (Å²) >= 11 is 3.07. The Morgan fingerprint density at radius 2 is 1.80 bits per heavy atom. The molecule has 1 aromatic carbocycles. The molecule has 1 aromatic rings. The molecule has 7 nitrogen and oxygen atoms in total. The van der Waals surface area contributed by atoms with Crippen LogP contribution in [0.5, 0.6) is 0 Å². The number of aromatic carboxylic acids is 1. The summed E-state index contributed by atoms with van der Waals surface area (Å²) in [4.78, 5) is 10.9. The van der Waals surface area contributed by atoms with Crippen molar-refractivity contribution in [3.8, 4) is 0 Å². The number of anilines is 1. The number of carbonyl (C=O) groups is 1. The highest BCUT2D eigenvalue weighted by Gasteiger charge is 2.16. The summed E-state index contributed by atoms with van der Waals surface area (Å²) in [6, 6.07) is 3.84. The number of halogens is 1. The lowest BCUT2D eigenvalue weighted by Crippen LogP contribution is -2.22. The van der Waals surface area contributed by atoms with Crippen LogP contribution in [0, 0.1) is 0 Å². The van der Waals surface area contributed by atoms with Gasteiger partial charge in [-0.2, -0.15) is 0 Å². The number of benzene rings is 1. The van der Waals surface area contributed by atoms with Gasteiger partial charge in [0.05, 0.1) is 22.8 Å². The van der Waals surface area contributed by atoms with E-state index in [0.29, 0.717) is 4.47 Å². The summed E-state index contributed by atoms with van der Waals surface area (Å²) in [6.07, 6.45) is 0.935. The largest absolute Gasteiger partial charge is 0.478 e. The summed E-state index contributed by atoms with van der Waals surface area (Å²) in [5.41, 5.74) is -0.0505. The summed E-state index contributed by atoms with van der Waals surface area (Å²) in [6.45, 7) is 0. The maximum atomic E-state index is 11.7. The minimum Gasteiger partial charge on any atom is -0.478 e. The van der Waals surface area contributed by atoms with Crippen LogP contribution in [0.4, 0.5) is 5.69 Å². The van der Waals surface area contributed by atoms with E-state index in [2.05, 4.69) is 20.7 Å². The Balaban J connectivity index is 2.95. The molecule has 1 rings (SSSR count). The second kappa shape index (κ2) is 6.10. The van der Waals surface area contributed by atoms with Crippen LogP contribution in [0.25, 0.3) is 0 Å². The Kier molecular flexibility index (Phi) is 5.16. The lowest BCUT2D eigenvalue weighted by Gasteiger charge is -2.09. The quantitative estimate of drug-likeness (QED) is 0.751. The Morgan fingerprint density at radius 1 is 1.20 bits per heavy atom. The smallest absolute Gasteiger partial charge is 0.335 e. The highest BCUT2D eigenvalue weighted by Crippen LogP contribution is 2.20. The molecule has 0 saturated carbocycles. The predicted octanol–water partition coefficient (Wildman–Crippen LogP) is 0.934. The van der Waals surface area contributed by atoms with Crippen molar-refractivity contribution < 1.29 is 26.7 Å². The van der Waals surface area contributed by atoms with Gasteiger partial charge in [-0.05, 0) is 18.2 Å². The molecule has 0 aliphatic heterocycles. The highest BCUT2D eigenvalue weighted by atomic mass is 79.9. The van der Waals surface area contributed by atoms with Crippen molar-refractivity contribution in [3.63, 3.8) is 0 Å². The summed E-state index contributed by atoms with van der Waals surface area (Å²) < 4.78 is 47.8. The van der Waals surface area contributed by atoms with E-state index < -0.39 is 37.3 Å².